The zero-order valence-corrected chi connectivity index (χ0v) is 43.8. The van der Waals surface area contributed by atoms with Crippen LogP contribution in [0.1, 0.15) is 137 Å². The monoisotopic (exact) mass is 1020 g/mol. The van der Waals surface area contributed by atoms with Crippen LogP contribution in [0, 0.1) is 18.8 Å². The van der Waals surface area contributed by atoms with Crippen LogP contribution >= 0.6 is 11.3 Å². The average molecular weight is 1030 g/mol. The van der Waals surface area contributed by atoms with Gasteiger partial charge in [-0.2, -0.15) is 4.99 Å². The van der Waals surface area contributed by atoms with Crippen molar-refractivity contribution >= 4 is 52.0 Å². The Morgan fingerprint density at radius 3 is 2.18 bits per heavy atom. The number of benzene rings is 2. The summed E-state index contributed by atoms with van der Waals surface area (Å²) < 4.78 is 25.2. The zero-order valence-electron chi connectivity index (χ0n) is 43.0. The predicted octanol–water partition coefficient (Wildman–Crippen LogP) is 10.2. The van der Waals surface area contributed by atoms with Crippen molar-refractivity contribution in [1.29, 1.82) is 0 Å². The number of fused-ring (bicyclic) bond motifs is 5. The summed E-state index contributed by atoms with van der Waals surface area (Å²) in [5, 5.41) is 5.06. The number of methoxy groups -OCH3 is 2. The number of thiazole rings is 1. The lowest BCUT2D eigenvalue weighted by molar-refractivity contribution is -0.138. The molecule has 5 aliphatic rings. The van der Waals surface area contributed by atoms with E-state index in [0.717, 1.165) is 104 Å². The van der Waals surface area contributed by atoms with Crippen LogP contribution in [0.5, 0.6) is 5.75 Å². The maximum absolute atomic E-state index is 14.5. The number of aromatic nitrogens is 6. The van der Waals surface area contributed by atoms with Gasteiger partial charge in [-0.25, -0.2) is 24.5 Å². The smallest absolute Gasteiger partial charge is 0.433 e. The lowest BCUT2D eigenvalue weighted by atomic mass is 9.85. The minimum absolute atomic E-state index is 0.0351. The fraction of sp³-hybridized carbons (Fsp3) is 0.491. The number of alkyl carbamates (subject to hydrolysis) is 1. The van der Waals surface area contributed by atoms with Crippen molar-refractivity contribution < 1.29 is 38.1 Å². The number of hydrogen-bond donors (Lipinski definition) is 3. The van der Waals surface area contributed by atoms with E-state index in [0.29, 0.717) is 43.5 Å². The number of nitrogens with zero attached hydrogens (tertiary/aromatic N) is 7. The van der Waals surface area contributed by atoms with Crippen molar-refractivity contribution in [2.45, 2.75) is 135 Å². The number of imidazole rings is 2. The molecule has 4 fully saturated rings. The Balaban J connectivity index is 0.902. The maximum Gasteiger partial charge on any atom is 0.433 e. The number of aryl methyl sites for hydroxylation is 1. The molecule has 19 heteroatoms. The van der Waals surface area contributed by atoms with Crippen LogP contribution in [0.2, 0.25) is 0 Å². The molecule has 2 aromatic carbocycles. The first-order chi connectivity index (χ1) is 35.8. The number of likely N-dealkylation sites (tertiary alicyclic amines) is 2. The summed E-state index contributed by atoms with van der Waals surface area (Å²) in [5.41, 5.74) is 7.70. The van der Waals surface area contributed by atoms with Gasteiger partial charge < -0.3 is 44.0 Å². The summed E-state index contributed by atoms with van der Waals surface area (Å²) in [6.07, 6.45) is 11.6. The molecule has 4 aromatic heterocycles. The summed E-state index contributed by atoms with van der Waals surface area (Å²) in [7, 11) is 2.57. The molecule has 6 aromatic rings. The average Bonchev–Trinajstić information content (AvgIpc) is 4.23. The first-order valence-corrected chi connectivity index (χ1v) is 26.9. The Hall–Kier alpha value is -6.86. The van der Waals surface area contributed by atoms with Gasteiger partial charge in [0.15, 0.2) is 0 Å². The van der Waals surface area contributed by atoms with E-state index in [1.54, 1.807) is 16.2 Å². The van der Waals surface area contributed by atoms with Crippen LogP contribution in [-0.4, -0.2) is 115 Å². The van der Waals surface area contributed by atoms with Crippen molar-refractivity contribution in [2.24, 2.45) is 16.8 Å². The van der Waals surface area contributed by atoms with E-state index in [2.05, 4.69) is 68.2 Å². The molecule has 2 unspecified atom stereocenters. The van der Waals surface area contributed by atoms with Gasteiger partial charge in [-0.1, -0.05) is 26.3 Å². The molecule has 7 atom stereocenters. The number of hydrogen-bond acceptors (Lipinski definition) is 12. The third-order valence-electron chi connectivity index (χ3n) is 15.7. The van der Waals surface area contributed by atoms with Crippen molar-refractivity contribution in [2.75, 3.05) is 27.3 Å². The molecule has 4 aliphatic heterocycles. The van der Waals surface area contributed by atoms with Gasteiger partial charge >= 0.3 is 12.2 Å². The summed E-state index contributed by atoms with van der Waals surface area (Å²) in [6, 6.07) is 11.6. The quantitative estimate of drug-likeness (QED) is 0.104. The van der Waals surface area contributed by atoms with Gasteiger partial charge in [-0.3, -0.25) is 14.2 Å². The lowest BCUT2D eigenvalue weighted by Gasteiger charge is -2.38. The van der Waals surface area contributed by atoms with Crippen molar-refractivity contribution in [3.63, 3.8) is 0 Å². The third kappa shape index (κ3) is 9.15. The minimum Gasteiger partial charge on any atom is -0.464 e. The molecular weight excluding hydrogens is 961 g/mol. The standard InChI is InChI=1S/C55H64N10O8S/c1-28(2)46(61-54(68)70-6)51(66)63-17-9-13-40(63)49-57-26-38(60-49)34-19-29(3)45-42-23-35-22-33(15-16-39(35)65(42)53(73-43(45)24-34)44-27-58-50(74-44)32-11-8-12-32)37-25-56-48(59-37)41-14-10-18-64(41)52(67)47(62-55(69)71-7)36-20-30(4)72-31(5)21-36/h15-16,19,22-28,30-32,36,40-41,47,53H,8-14,17-18,20-21H2,1-7H3,(H,56,59)(H,57,60)(H,62,69)/b61-46+/t30-,31+,36?,40-,41-,47+,53?/m0/s1. The second-order valence-electron chi connectivity index (χ2n) is 21.0. The molecular formula is C55H64N10O8S. The van der Waals surface area contributed by atoms with E-state index in [1.165, 1.54) is 20.6 Å². The third-order valence-corrected chi connectivity index (χ3v) is 16.9. The molecule has 0 radical (unpaired) electrons. The fourth-order valence-corrected chi connectivity index (χ4v) is 13.0. The molecule has 0 bridgehead atoms. The molecule has 1 aliphatic carbocycles. The highest BCUT2D eigenvalue weighted by Gasteiger charge is 2.43. The van der Waals surface area contributed by atoms with E-state index >= 15 is 0 Å². The number of carbonyl (C=O) groups is 4. The Morgan fingerprint density at radius 2 is 1.51 bits per heavy atom. The van der Waals surface area contributed by atoms with Crippen LogP contribution in [0.3, 0.4) is 0 Å². The highest BCUT2D eigenvalue weighted by Crippen LogP contribution is 2.50. The Bertz CT molecular complexity index is 3160. The van der Waals surface area contributed by atoms with Gasteiger partial charge in [-0.15, -0.1) is 11.3 Å². The molecule has 1 saturated carbocycles. The number of carbonyl (C=O) groups excluding carboxylic acids is 4. The topological polar surface area (TPSA) is 211 Å². The summed E-state index contributed by atoms with van der Waals surface area (Å²) >= 11 is 1.72. The fourth-order valence-electron chi connectivity index (χ4n) is 11.9. The molecule has 4 amide bonds. The van der Waals surface area contributed by atoms with E-state index in [4.69, 9.17) is 33.9 Å². The Labute approximate surface area is 433 Å². The van der Waals surface area contributed by atoms with Crippen molar-refractivity contribution in [3.8, 4) is 39.5 Å². The molecule has 74 heavy (non-hydrogen) atoms. The number of rotatable bonds is 11. The van der Waals surface area contributed by atoms with Crippen LogP contribution in [0.25, 0.3) is 44.7 Å². The maximum atomic E-state index is 14.5. The number of ether oxygens (including phenoxy) is 4. The highest BCUT2D eigenvalue weighted by atomic mass is 32.1. The molecule has 18 nitrogen and oxygen atoms in total. The van der Waals surface area contributed by atoms with Gasteiger partial charge in [0, 0.05) is 53.2 Å². The van der Waals surface area contributed by atoms with E-state index in [1.807, 2.05) is 51.2 Å². The van der Waals surface area contributed by atoms with Crippen LogP contribution in [0.4, 0.5) is 9.59 Å². The molecule has 3 saturated heterocycles. The van der Waals surface area contributed by atoms with Gasteiger partial charge in [0.25, 0.3) is 5.91 Å². The van der Waals surface area contributed by atoms with Gasteiger partial charge in [0.1, 0.15) is 29.2 Å². The van der Waals surface area contributed by atoms with E-state index in [-0.39, 0.29) is 53.7 Å². The molecule has 388 valence electrons. The number of aliphatic imine (C=N–C) groups is 1. The van der Waals surface area contributed by atoms with Crippen LogP contribution in [0.15, 0.2) is 60.0 Å². The zero-order chi connectivity index (χ0) is 51.5. The minimum atomic E-state index is -0.797. The summed E-state index contributed by atoms with van der Waals surface area (Å²) in [6.45, 7) is 10.9. The second kappa shape index (κ2) is 20.1. The summed E-state index contributed by atoms with van der Waals surface area (Å²) in [5.74, 6) is 1.79. The summed E-state index contributed by atoms with van der Waals surface area (Å²) in [4.78, 5) is 83.5. The number of amides is 4. The molecule has 8 heterocycles. The number of nitrogens with one attached hydrogen (secondary N) is 3. The van der Waals surface area contributed by atoms with E-state index < -0.39 is 24.5 Å². The van der Waals surface area contributed by atoms with Gasteiger partial charge in [-0.05, 0) is 114 Å². The SMILES string of the molecule is COC(=O)/N=C(/C(=O)N1CCC[C@H]1c1ncc(-c2cc(C)c3c(c2)OC(c2cnc(C4CCC4)s2)n2c-3cc3cc(-c4cnc([C@@H]5CCCN5C(=O)[C@H](NC(=O)OC)C5C[C@@H](C)O[C@@H](C)C5)[nH]4)ccc32)[nH]1)C(C)C. The predicted molar refractivity (Wildman–Crippen MR) is 279 cm³/mol. The largest absolute Gasteiger partial charge is 0.464 e. The first-order valence-electron chi connectivity index (χ1n) is 26.1. The molecule has 3 N–H and O–H groups in total. The van der Waals surface area contributed by atoms with Crippen LogP contribution in [-0.2, 0) is 23.8 Å². The normalized spacial score (nSPS) is 23.3. The Kier molecular flexibility index (Phi) is 13.4. The number of aromatic amines is 2. The Morgan fingerprint density at radius 1 is 0.824 bits per heavy atom. The van der Waals surface area contributed by atoms with E-state index in [9.17, 15) is 19.2 Å². The number of H-pyrrole nitrogens is 2. The lowest BCUT2D eigenvalue weighted by Crippen LogP contribution is -2.54. The first kappa shape index (κ1) is 49.4. The van der Waals surface area contributed by atoms with Gasteiger partial charge in [0.2, 0.25) is 12.1 Å². The van der Waals surface area contributed by atoms with Crippen molar-refractivity contribution in [3.05, 3.63) is 82.1 Å². The molecule has 0 spiro atoms. The van der Waals surface area contributed by atoms with Crippen LogP contribution < -0.4 is 10.1 Å². The second-order valence-corrected chi connectivity index (χ2v) is 22.1. The van der Waals surface area contributed by atoms with Gasteiger partial charge in [0.05, 0.1) is 83.4 Å². The van der Waals surface area contributed by atoms with Crippen molar-refractivity contribution in [1.82, 2.24) is 44.6 Å². The molecule has 11 rings (SSSR count). The highest BCUT2D eigenvalue weighted by molar-refractivity contribution is 7.11.